The molecule has 0 atom stereocenters. The van der Waals surface area contributed by atoms with Crippen molar-refractivity contribution in [1.82, 2.24) is 5.43 Å². The smallest absolute Gasteiger partial charge is 0.273 e. The molecule has 0 spiro atoms. The molecular weight excluding hydrogens is 354 g/mol. The third kappa shape index (κ3) is 3.87. The van der Waals surface area contributed by atoms with Gasteiger partial charge in [-0.3, -0.25) is 4.79 Å². The second-order valence-corrected chi connectivity index (χ2v) is 5.74. The predicted molar refractivity (Wildman–Crippen MR) is 102 cm³/mol. The minimum atomic E-state index is -0.395. The van der Waals surface area contributed by atoms with Crippen molar-refractivity contribution in [2.75, 3.05) is 12.8 Å². The van der Waals surface area contributed by atoms with Gasteiger partial charge >= 0.3 is 0 Å². The SMILES string of the molecule is COc1ccc(-c2ccc(/C=N/NC(=O)c3ccccc3N)o2)cc1Cl. The molecule has 0 radical (unpaired) electrons. The van der Waals surface area contributed by atoms with E-state index in [9.17, 15) is 4.79 Å². The van der Waals surface area contributed by atoms with Crippen LogP contribution in [0.4, 0.5) is 5.69 Å². The highest BCUT2D eigenvalue weighted by Gasteiger charge is 2.09. The first-order valence-corrected chi connectivity index (χ1v) is 8.08. The minimum Gasteiger partial charge on any atom is -0.495 e. The molecule has 0 fully saturated rings. The van der Waals surface area contributed by atoms with Gasteiger partial charge in [0, 0.05) is 11.3 Å². The Morgan fingerprint density at radius 1 is 1.23 bits per heavy atom. The van der Waals surface area contributed by atoms with E-state index in [1.54, 1.807) is 55.6 Å². The van der Waals surface area contributed by atoms with Crippen LogP contribution >= 0.6 is 11.6 Å². The normalized spacial score (nSPS) is 10.8. The van der Waals surface area contributed by atoms with Crippen molar-refractivity contribution in [2.45, 2.75) is 0 Å². The number of hydrogen-bond donors (Lipinski definition) is 2. The maximum absolute atomic E-state index is 12.0. The molecule has 0 aliphatic rings. The van der Waals surface area contributed by atoms with Gasteiger partial charge in [-0.15, -0.1) is 0 Å². The number of nitrogen functional groups attached to an aromatic ring is 1. The number of para-hydroxylation sites is 1. The summed E-state index contributed by atoms with van der Waals surface area (Å²) in [5.74, 6) is 1.29. The first-order valence-electron chi connectivity index (χ1n) is 7.70. The molecule has 1 aromatic heterocycles. The van der Waals surface area contributed by atoms with Crippen LogP contribution in [0.15, 0.2) is 64.1 Å². The van der Waals surface area contributed by atoms with Crippen LogP contribution in [-0.4, -0.2) is 19.2 Å². The Hall–Kier alpha value is -3.25. The van der Waals surface area contributed by atoms with Crippen LogP contribution in [0.1, 0.15) is 16.1 Å². The number of carbonyl (C=O) groups excluding carboxylic acids is 1. The molecule has 2 aromatic carbocycles. The molecular formula is C19H16ClN3O3. The van der Waals surface area contributed by atoms with E-state index in [2.05, 4.69) is 10.5 Å². The van der Waals surface area contributed by atoms with Gasteiger partial charge < -0.3 is 14.9 Å². The second kappa shape index (κ2) is 7.76. The van der Waals surface area contributed by atoms with Gasteiger partial charge in [0.15, 0.2) is 0 Å². The second-order valence-electron chi connectivity index (χ2n) is 5.34. The number of benzene rings is 2. The van der Waals surface area contributed by atoms with Crippen LogP contribution in [0, 0.1) is 0 Å². The summed E-state index contributed by atoms with van der Waals surface area (Å²) in [6.45, 7) is 0. The Morgan fingerprint density at radius 2 is 2.04 bits per heavy atom. The topological polar surface area (TPSA) is 89.8 Å². The number of hydrazone groups is 1. The van der Waals surface area contributed by atoms with E-state index >= 15 is 0 Å². The average Bonchev–Trinajstić information content (AvgIpc) is 3.11. The van der Waals surface area contributed by atoms with Crippen LogP contribution < -0.4 is 15.9 Å². The summed E-state index contributed by atoms with van der Waals surface area (Å²) in [5, 5.41) is 4.38. The van der Waals surface area contributed by atoms with E-state index in [0.717, 1.165) is 5.56 Å². The Labute approximate surface area is 155 Å². The molecule has 132 valence electrons. The number of nitrogens with two attached hydrogens (primary N) is 1. The predicted octanol–water partition coefficient (Wildman–Crippen LogP) is 3.95. The van der Waals surface area contributed by atoms with Crippen LogP contribution in [-0.2, 0) is 0 Å². The van der Waals surface area contributed by atoms with Gasteiger partial charge in [-0.05, 0) is 42.5 Å². The number of methoxy groups -OCH3 is 1. The summed E-state index contributed by atoms with van der Waals surface area (Å²) in [7, 11) is 1.56. The molecule has 26 heavy (non-hydrogen) atoms. The molecule has 0 bridgehead atoms. The molecule has 1 heterocycles. The van der Waals surface area contributed by atoms with E-state index < -0.39 is 5.91 Å². The zero-order valence-electron chi connectivity index (χ0n) is 13.9. The summed E-state index contributed by atoms with van der Waals surface area (Å²) in [5.41, 5.74) is 9.72. The van der Waals surface area contributed by atoms with Crippen molar-refractivity contribution in [3.05, 3.63) is 70.9 Å². The highest BCUT2D eigenvalue weighted by molar-refractivity contribution is 6.32. The fourth-order valence-corrected chi connectivity index (χ4v) is 2.57. The van der Waals surface area contributed by atoms with Crippen molar-refractivity contribution >= 4 is 29.4 Å². The first kappa shape index (κ1) is 17.6. The number of furan rings is 1. The van der Waals surface area contributed by atoms with E-state index in [1.807, 2.05) is 6.07 Å². The largest absolute Gasteiger partial charge is 0.495 e. The van der Waals surface area contributed by atoms with Crippen molar-refractivity contribution in [2.24, 2.45) is 5.10 Å². The molecule has 3 aromatic rings. The minimum absolute atomic E-state index is 0.359. The first-order chi connectivity index (χ1) is 12.6. The number of rotatable bonds is 5. The number of ether oxygens (including phenoxy) is 1. The highest BCUT2D eigenvalue weighted by atomic mass is 35.5. The molecule has 3 N–H and O–H groups in total. The van der Waals surface area contributed by atoms with Gasteiger partial charge in [0.2, 0.25) is 0 Å². The number of nitrogens with zero attached hydrogens (tertiary/aromatic N) is 1. The quantitative estimate of drug-likeness (QED) is 0.404. The molecule has 0 saturated carbocycles. The molecule has 7 heteroatoms. The maximum Gasteiger partial charge on any atom is 0.273 e. The van der Waals surface area contributed by atoms with E-state index in [-0.39, 0.29) is 0 Å². The lowest BCUT2D eigenvalue weighted by atomic mass is 10.2. The van der Waals surface area contributed by atoms with Gasteiger partial charge in [0.05, 0.1) is 23.9 Å². The Bertz CT molecular complexity index is 966. The van der Waals surface area contributed by atoms with E-state index in [4.69, 9.17) is 26.5 Å². The van der Waals surface area contributed by atoms with Gasteiger partial charge in [-0.1, -0.05) is 23.7 Å². The van der Waals surface area contributed by atoms with E-state index in [0.29, 0.717) is 33.5 Å². The highest BCUT2D eigenvalue weighted by Crippen LogP contribution is 2.30. The van der Waals surface area contributed by atoms with Crippen molar-refractivity contribution in [1.29, 1.82) is 0 Å². The van der Waals surface area contributed by atoms with Gasteiger partial charge in [0.1, 0.15) is 17.3 Å². The van der Waals surface area contributed by atoms with Crippen molar-refractivity contribution in [3.63, 3.8) is 0 Å². The third-order valence-corrected chi connectivity index (χ3v) is 3.92. The molecule has 0 saturated heterocycles. The lowest BCUT2D eigenvalue weighted by Crippen LogP contribution is -2.18. The molecule has 0 aliphatic carbocycles. The summed E-state index contributed by atoms with van der Waals surface area (Å²) >= 11 is 6.12. The zero-order valence-corrected chi connectivity index (χ0v) is 14.7. The van der Waals surface area contributed by atoms with Gasteiger partial charge in [-0.25, -0.2) is 5.43 Å². The lowest BCUT2D eigenvalue weighted by Gasteiger charge is -2.04. The Balaban J connectivity index is 1.68. The fourth-order valence-electron chi connectivity index (χ4n) is 2.32. The standard InChI is InChI=1S/C19H16ClN3O3/c1-25-18-8-6-12(10-15(18)20)17-9-7-13(26-17)11-22-23-19(24)14-4-2-3-5-16(14)21/h2-11H,21H2,1H3,(H,23,24)/b22-11+. The fraction of sp³-hybridized carbons (Fsp3) is 0.0526. The number of anilines is 1. The van der Waals surface area contributed by atoms with Crippen LogP contribution in [0.3, 0.4) is 0 Å². The van der Waals surface area contributed by atoms with Crippen LogP contribution in [0.5, 0.6) is 5.75 Å². The summed E-state index contributed by atoms with van der Waals surface area (Å²) in [4.78, 5) is 12.0. The van der Waals surface area contributed by atoms with Crippen molar-refractivity contribution in [3.8, 4) is 17.1 Å². The molecule has 0 unspecified atom stereocenters. The Morgan fingerprint density at radius 3 is 2.77 bits per heavy atom. The maximum atomic E-state index is 12.0. The number of halogens is 1. The summed E-state index contributed by atoms with van der Waals surface area (Å²) in [6.07, 6.45) is 1.41. The van der Waals surface area contributed by atoms with Crippen molar-refractivity contribution < 1.29 is 13.9 Å². The number of nitrogens with one attached hydrogen (secondary N) is 1. The number of amides is 1. The lowest BCUT2D eigenvalue weighted by molar-refractivity contribution is 0.0956. The van der Waals surface area contributed by atoms with Gasteiger partial charge in [0.25, 0.3) is 5.91 Å². The van der Waals surface area contributed by atoms with E-state index in [1.165, 1.54) is 6.21 Å². The zero-order chi connectivity index (χ0) is 18.5. The summed E-state index contributed by atoms with van der Waals surface area (Å²) < 4.78 is 10.8. The molecule has 1 amide bonds. The van der Waals surface area contributed by atoms with Gasteiger partial charge in [-0.2, -0.15) is 5.10 Å². The number of hydrogen-bond acceptors (Lipinski definition) is 5. The third-order valence-electron chi connectivity index (χ3n) is 3.63. The number of carbonyl (C=O) groups is 1. The molecule has 3 rings (SSSR count). The average molecular weight is 370 g/mol. The monoisotopic (exact) mass is 369 g/mol. The van der Waals surface area contributed by atoms with Crippen LogP contribution in [0.2, 0.25) is 5.02 Å². The molecule has 6 nitrogen and oxygen atoms in total. The molecule has 0 aliphatic heterocycles. The Kier molecular flexibility index (Phi) is 5.24. The summed E-state index contributed by atoms with van der Waals surface area (Å²) in [6, 6.07) is 15.6. The van der Waals surface area contributed by atoms with Crippen LogP contribution in [0.25, 0.3) is 11.3 Å².